The van der Waals surface area contributed by atoms with Crippen molar-refractivity contribution in [3.05, 3.63) is 0 Å². The molecule has 0 spiro atoms. The Morgan fingerprint density at radius 1 is 0.667 bits per heavy atom. The summed E-state index contributed by atoms with van der Waals surface area (Å²) in [6.45, 7) is 11.8. The molecular formula is C18H34N2O. The van der Waals surface area contributed by atoms with Crippen LogP contribution in [0.25, 0.3) is 0 Å². The van der Waals surface area contributed by atoms with E-state index in [0.717, 1.165) is 31.1 Å². The second-order valence-electron chi connectivity index (χ2n) is 7.89. The summed E-state index contributed by atoms with van der Waals surface area (Å²) in [5.74, 6) is 0.968. The molecule has 0 N–H and O–H groups in total. The van der Waals surface area contributed by atoms with E-state index in [4.69, 9.17) is 4.74 Å². The fourth-order valence-corrected chi connectivity index (χ4v) is 4.74. The Kier molecular flexibility index (Phi) is 5.23. The first kappa shape index (κ1) is 15.8. The number of hydrogen-bond donors (Lipinski definition) is 0. The third-order valence-electron chi connectivity index (χ3n) is 5.97. The standard InChI is InChI=1S/C18H34N2O/c1-14-4-6-17(7-5-14)19-10-8-18(9-11-19)20-12-15(2)21-16(3)13-20/h14-18H,4-13H2,1-3H3/t14?,15-,16-,17?/m1/s1. The van der Waals surface area contributed by atoms with E-state index in [1.807, 2.05) is 0 Å². The number of likely N-dealkylation sites (tertiary alicyclic amines) is 1. The molecule has 0 aromatic rings. The van der Waals surface area contributed by atoms with Gasteiger partial charge in [-0.15, -0.1) is 0 Å². The Bertz CT molecular complexity index is 309. The molecule has 0 bridgehead atoms. The van der Waals surface area contributed by atoms with Gasteiger partial charge >= 0.3 is 0 Å². The molecule has 122 valence electrons. The summed E-state index contributed by atoms with van der Waals surface area (Å²) in [4.78, 5) is 5.51. The number of rotatable bonds is 2. The minimum absolute atomic E-state index is 0.409. The highest BCUT2D eigenvalue weighted by atomic mass is 16.5. The van der Waals surface area contributed by atoms with Gasteiger partial charge in [0.15, 0.2) is 0 Å². The second-order valence-corrected chi connectivity index (χ2v) is 7.89. The van der Waals surface area contributed by atoms with Gasteiger partial charge in [0, 0.05) is 25.2 Å². The van der Waals surface area contributed by atoms with E-state index in [2.05, 4.69) is 30.6 Å². The zero-order chi connectivity index (χ0) is 14.8. The lowest BCUT2D eigenvalue weighted by atomic mass is 9.85. The van der Waals surface area contributed by atoms with Crippen LogP contribution >= 0.6 is 0 Å². The molecule has 3 aliphatic rings. The van der Waals surface area contributed by atoms with Crippen LogP contribution in [-0.2, 0) is 4.74 Å². The van der Waals surface area contributed by atoms with E-state index < -0.39 is 0 Å². The lowest BCUT2D eigenvalue weighted by Crippen LogP contribution is -2.54. The van der Waals surface area contributed by atoms with Gasteiger partial charge in [-0.1, -0.05) is 6.92 Å². The Balaban J connectivity index is 1.46. The van der Waals surface area contributed by atoms with E-state index in [1.54, 1.807) is 0 Å². The average Bonchev–Trinajstić information content (AvgIpc) is 2.47. The Labute approximate surface area is 131 Å². The lowest BCUT2D eigenvalue weighted by molar-refractivity contribution is -0.0878. The topological polar surface area (TPSA) is 15.7 Å². The SMILES string of the molecule is CC1CCC(N2CCC(N3C[C@@H](C)O[C@H](C)C3)CC2)CC1. The molecule has 0 aromatic heterocycles. The van der Waals surface area contributed by atoms with Crippen LogP contribution in [-0.4, -0.2) is 60.3 Å². The molecule has 3 heteroatoms. The van der Waals surface area contributed by atoms with Crippen molar-refractivity contribution in [3.63, 3.8) is 0 Å². The van der Waals surface area contributed by atoms with Crippen LogP contribution in [0.3, 0.4) is 0 Å². The summed E-state index contributed by atoms with van der Waals surface area (Å²) >= 11 is 0. The molecule has 2 atom stereocenters. The van der Waals surface area contributed by atoms with Crippen molar-refractivity contribution in [1.82, 2.24) is 9.80 Å². The van der Waals surface area contributed by atoms with Gasteiger partial charge in [0.2, 0.25) is 0 Å². The smallest absolute Gasteiger partial charge is 0.0678 e. The molecular weight excluding hydrogens is 260 g/mol. The van der Waals surface area contributed by atoms with Crippen molar-refractivity contribution >= 4 is 0 Å². The first-order chi connectivity index (χ1) is 10.1. The Morgan fingerprint density at radius 2 is 1.19 bits per heavy atom. The molecule has 3 rings (SSSR count). The normalized spacial score (nSPS) is 41.3. The third-order valence-corrected chi connectivity index (χ3v) is 5.97. The predicted octanol–water partition coefficient (Wildman–Crippen LogP) is 3.14. The molecule has 2 saturated heterocycles. The lowest BCUT2D eigenvalue weighted by Gasteiger charge is -2.46. The van der Waals surface area contributed by atoms with Gasteiger partial charge in [-0.3, -0.25) is 4.90 Å². The van der Waals surface area contributed by atoms with Crippen LogP contribution in [0.1, 0.15) is 59.3 Å². The van der Waals surface area contributed by atoms with Crippen LogP contribution in [0.2, 0.25) is 0 Å². The van der Waals surface area contributed by atoms with Gasteiger partial charge in [0.1, 0.15) is 0 Å². The van der Waals surface area contributed by atoms with Gasteiger partial charge in [-0.25, -0.2) is 0 Å². The number of ether oxygens (including phenoxy) is 1. The molecule has 3 nitrogen and oxygen atoms in total. The highest BCUT2D eigenvalue weighted by molar-refractivity contribution is 4.87. The summed E-state index contributed by atoms with van der Waals surface area (Å²) in [6.07, 6.45) is 9.33. The molecule has 1 aliphatic carbocycles. The van der Waals surface area contributed by atoms with Crippen LogP contribution in [0.4, 0.5) is 0 Å². The average molecular weight is 294 g/mol. The maximum absolute atomic E-state index is 5.88. The van der Waals surface area contributed by atoms with E-state index in [1.165, 1.54) is 51.6 Å². The van der Waals surface area contributed by atoms with Gasteiger partial charge < -0.3 is 9.64 Å². The molecule has 2 aliphatic heterocycles. The number of piperidine rings is 1. The van der Waals surface area contributed by atoms with E-state index in [9.17, 15) is 0 Å². The van der Waals surface area contributed by atoms with Crippen molar-refractivity contribution in [1.29, 1.82) is 0 Å². The molecule has 21 heavy (non-hydrogen) atoms. The highest BCUT2D eigenvalue weighted by Gasteiger charge is 2.32. The van der Waals surface area contributed by atoms with Crippen molar-refractivity contribution < 1.29 is 4.74 Å². The van der Waals surface area contributed by atoms with Crippen molar-refractivity contribution in [2.24, 2.45) is 5.92 Å². The zero-order valence-electron chi connectivity index (χ0n) is 14.3. The van der Waals surface area contributed by atoms with Crippen molar-refractivity contribution in [3.8, 4) is 0 Å². The van der Waals surface area contributed by atoms with Gasteiger partial charge in [-0.05, 0) is 71.4 Å². The Hall–Kier alpha value is -0.120. The minimum Gasteiger partial charge on any atom is -0.373 e. The number of nitrogens with zero attached hydrogens (tertiary/aromatic N) is 2. The molecule has 0 unspecified atom stereocenters. The maximum atomic E-state index is 5.88. The van der Waals surface area contributed by atoms with Gasteiger partial charge in [0.05, 0.1) is 12.2 Å². The highest BCUT2D eigenvalue weighted by Crippen LogP contribution is 2.30. The minimum atomic E-state index is 0.409. The fraction of sp³-hybridized carbons (Fsp3) is 1.00. The Morgan fingerprint density at radius 3 is 1.76 bits per heavy atom. The number of morpholine rings is 1. The van der Waals surface area contributed by atoms with Gasteiger partial charge in [0.25, 0.3) is 0 Å². The monoisotopic (exact) mass is 294 g/mol. The molecule has 3 fully saturated rings. The zero-order valence-corrected chi connectivity index (χ0v) is 14.3. The number of hydrogen-bond acceptors (Lipinski definition) is 3. The summed E-state index contributed by atoms with van der Waals surface area (Å²) in [7, 11) is 0. The summed E-state index contributed by atoms with van der Waals surface area (Å²) in [5.41, 5.74) is 0. The first-order valence-corrected chi connectivity index (χ1v) is 9.25. The second kappa shape index (κ2) is 6.97. The predicted molar refractivity (Wildman–Crippen MR) is 87.6 cm³/mol. The molecule has 2 heterocycles. The van der Waals surface area contributed by atoms with E-state index in [0.29, 0.717) is 12.2 Å². The van der Waals surface area contributed by atoms with E-state index >= 15 is 0 Å². The first-order valence-electron chi connectivity index (χ1n) is 9.25. The summed E-state index contributed by atoms with van der Waals surface area (Å²) in [5, 5.41) is 0. The van der Waals surface area contributed by atoms with Crippen LogP contribution in [0.5, 0.6) is 0 Å². The van der Waals surface area contributed by atoms with Crippen LogP contribution < -0.4 is 0 Å². The van der Waals surface area contributed by atoms with E-state index in [-0.39, 0.29) is 0 Å². The molecule has 1 saturated carbocycles. The molecule has 0 aromatic carbocycles. The third kappa shape index (κ3) is 4.00. The largest absolute Gasteiger partial charge is 0.373 e. The van der Waals surface area contributed by atoms with Crippen LogP contribution in [0.15, 0.2) is 0 Å². The summed E-state index contributed by atoms with van der Waals surface area (Å²) in [6, 6.07) is 1.70. The van der Waals surface area contributed by atoms with Gasteiger partial charge in [-0.2, -0.15) is 0 Å². The van der Waals surface area contributed by atoms with Crippen molar-refractivity contribution in [2.45, 2.75) is 83.6 Å². The fourth-order valence-electron chi connectivity index (χ4n) is 4.74. The molecule has 0 amide bonds. The van der Waals surface area contributed by atoms with Crippen LogP contribution in [0, 0.1) is 5.92 Å². The summed E-state index contributed by atoms with van der Waals surface area (Å²) < 4.78 is 5.88. The quantitative estimate of drug-likeness (QED) is 0.778. The maximum Gasteiger partial charge on any atom is 0.0678 e. The van der Waals surface area contributed by atoms with Crippen molar-refractivity contribution in [2.75, 3.05) is 26.2 Å². The molecule has 0 radical (unpaired) electrons.